The molecule has 0 saturated carbocycles. The summed E-state index contributed by atoms with van der Waals surface area (Å²) in [6.45, 7) is 0. The number of hydrogen-bond acceptors (Lipinski definition) is 4. The van der Waals surface area contributed by atoms with Crippen molar-refractivity contribution in [2.75, 3.05) is 5.73 Å². The van der Waals surface area contributed by atoms with Crippen molar-refractivity contribution in [3.63, 3.8) is 0 Å². The molecule has 2 N–H and O–H groups in total. The zero-order chi connectivity index (χ0) is 7.84. The average molecular weight is 186 g/mol. The number of halogens is 1. The third-order valence-corrected chi connectivity index (χ3v) is 2.36. The Bertz CT molecular complexity index is 398. The Hall–Kier alpha value is -0.870. The van der Waals surface area contributed by atoms with Gasteiger partial charge in [-0.15, -0.1) is 0 Å². The number of rotatable bonds is 0. The van der Waals surface area contributed by atoms with E-state index in [0.717, 1.165) is 4.83 Å². The highest BCUT2D eigenvalue weighted by molar-refractivity contribution is 7.21. The maximum Gasteiger partial charge on any atom is 0.182 e. The molecule has 5 heteroatoms. The van der Waals surface area contributed by atoms with E-state index in [1.165, 1.54) is 11.3 Å². The smallest absolute Gasteiger partial charge is 0.182 e. The average Bonchev–Trinajstić information content (AvgIpc) is 2.31. The minimum atomic E-state index is 0.501. The Balaban J connectivity index is 2.90. The number of nitrogens with zero attached hydrogens (tertiary/aromatic N) is 2. The molecule has 0 atom stereocenters. The summed E-state index contributed by atoms with van der Waals surface area (Å²) >= 11 is 7.16. The van der Waals surface area contributed by atoms with Gasteiger partial charge in [-0.1, -0.05) is 22.9 Å². The second kappa shape index (κ2) is 2.32. The van der Waals surface area contributed by atoms with Crippen LogP contribution in [-0.4, -0.2) is 9.97 Å². The van der Waals surface area contributed by atoms with Gasteiger partial charge in [0.25, 0.3) is 0 Å². The second-order valence-corrected chi connectivity index (χ2v) is 3.41. The van der Waals surface area contributed by atoms with Crippen molar-refractivity contribution in [3.05, 3.63) is 17.3 Å². The van der Waals surface area contributed by atoms with Gasteiger partial charge in [0, 0.05) is 6.20 Å². The van der Waals surface area contributed by atoms with Crippen molar-refractivity contribution >= 4 is 38.4 Å². The molecule has 2 aromatic rings. The van der Waals surface area contributed by atoms with Crippen LogP contribution in [-0.2, 0) is 0 Å². The molecule has 56 valence electrons. The predicted molar refractivity (Wildman–Crippen MR) is 46.8 cm³/mol. The first-order valence-electron chi connectivity index (χ1n) is 2.94. The van der Waals surface area contributed by atoms with Crippen LogP contribution in [0.2, 0.25) is 5.02 Å². The second-order valence-electron chi connectivity index (χ2n) is 2.00. The van der Waals surface area contributed by atoms with Gasteiger partial charge >= 0.3 is 0 Å². The molecule has 11 heavy (non-hydrogen) atoms. The Morgan fingerprint density at radius 1 is 1.55 bits per heavy atom. The van der Waals surface area contributed by atoms with E-state index in [9.17, 15) is 0 Å². The summed E-state index contributed by atoms with van der Waals surface area (Å²) < 4.78 is 0. The van der Waals surface area contributed by atoms with Crippen molar-refractivity contribution in [2.24, 2.45) is 0 Å². The fourth-order valence-electron chi connectivity index (χ4n) is 0.821. The number of aromatic nitrogens is 2. The summed E-state index contributed by atoms with van der Waals surface area (Å²) in [7, 11) is 0. The molecule has 2 rings (SSSR count). The van der Waals surface area contributed by atoms with Crippen LogP contribution in [0.25, 0.3) is 10.3 Å². The largest absolute Gasteiger partial charge is 0.375 e. The maximum atomic E-state index is 5.82. The SMILES string of the molecule is Nc1nc2c(Cl)ccnc2s1. The van der Waals surface area contributed by atoms with E-state index in [4.69, 9.17) is 17.3 Å². The highest BCUT2D eigenvalue weighted by atomic mass is 35.5. The summed E-state index contributed by atoms with van der Waals surface area (Å²) in [6, 6.07) is 1.70. The third-order valence-electron chi connectivity index (χ3n) is 1.26. The molecular formula is C6H4ClN3S. The van der Waals surface area contributed by atoms with E-state index in [1.54, 1.807) is 12.3 Å². The molecule has 0 unspecified atom stereocenters. The molecule has 0 radical (unpaired) electrons. The van der Waals surface area contributed by atoms with Crippen LogP contribution in [0.15, 0.2) is 12.3 Å². The number of thiazole rings is 1. The van der Waals surface area contributed by atoms with Gasteiger partial charge in [-0.25, -0.2) is 9.97 Å². The summed E-state index contributed by atoms with van der Waals surface area (Å²) in [4.78, 5) is 8.86. The van der Waals surface area contributed by atoms with Gasteiger partial charge in [0.2, 0.25) is 0 Å². The van der Waals surface area contributed by atoms with Gasteiger partial charge in [0.05, 0.1) is 5.02 Å². The third kappa shape index (κ3) is 1.04. The summed E-state index contributed by atoms with van der Waals surface area (Å²) in [5.74, 6) is 0. The van der Waals surface area contributed by atoms with Crippen molar-refractivity contribution < 1.29 is 0 Å². The zero-order valence-corrected chi connectivity index (χ0v) is 6.99. The lowest BCUT2D eigenvalue weighted by Gasteiger charge is -1.86. The summed E-state index contributed by atoms with van der Waals surface area (Å²) in [6.07, 6.45) is 1.64. The molecular weight excluding hydrogens is 182 g/mol. The van der Waals surface area contributed by atoms with Crippen LogP contribution in [0.5, 0.6) is 0 Å². The predicted octanol–water partition coefficient (Wildman–Crippen LogP) is 1.93. The molecule has 0 fully saturated rings. The Morgan fingerprint density at radius 2 is 2.36 bits per heavy atom. The maximum absolute atomic E-state index is 5.82. The molecule has 0 amide bonds. The molecule has 0 aliphatic carbocycles. The first kappa shape index (κ1) is 6.82. The van der Waals surface area contributed by atoms with Gasteiger partial charge in [-0.3, -0.25) is 0 Å². The number of anilines is 1. The van der Waals surface area contributed by atoms with Gasteiger partial charge in [-0.2, -0.15) is 0 Å². The molecule has 0 saturated heterocycles. The number of nitrogens with two attached hydrogens (primary N) is 1. The van der Waals surface area contributed by atoms with Crippen molar-refractivity contribution in [2.45, 2.75) is 0 Å². The van der Waals surface area contributed by atoms with E-state index in [1.807, 2.05) is 0 Å². The molecule has 0 aromatic carbocycles. The van der Waals surface area contributed by atoms with Crippen LogP contribution < -0.4 is 5.73 Å². The normalized spacial score (nSPS) is 10.6. The lowest BCUT2D eigenvalue weighted by atomic mass is 10.4. The van der Waals surface area contributed by atoms with Crippen LogP contribution >= 0.6 is 22.9 Å². The number of fused-ring (bicyclic) bond motifs is 1. The van der Waals surface area contributed by atoms with E-state index in [-0.39, 0.29) is 0 Å². The van der Waals surface area contributed by atoms with Gasteiger partial charge in [-0.05, 0) is 6.07 Å². The standard InChI is InChI=1S/C6H4ClN3S/c7-3-1-2-9-5-4(3)10-6(8)11-5/h1-2H,(H2,8,10). The van der Waals surface area contributed by atoms with Crippen LogP contribution in [0, 0.1) is 0 Å². The van der Waals surface area contributed by atoms with Crippen molar-refractivity contribution in [3.8, 4) is 0 Å². The molecule has 2 aromatic heterocycles. The lowest BCUT2D eigenvalue weighted by molar-refractivity contribution is 1.41. The van der Waals surface area contributed by atoms with Crippen LogP contribution in [0.1, 0.15) is 0 Å². The van der Waals surface area contributed by atoms with Crippen molar-refractivity contribution in [1.29, 1.82) is 0 Å². The van der Waals surface area contributed by atoms with Crippen molar-refractivity contribution in [1.82, 2.24) is 9.97 Å². The molecule has 2 heterocycles. The first-order valence-corrected chi connectivity index (χ1v) is 4.13. The van der Waals surface area contributed by atoms with Gasteiger partial charge in [0.1, 0.15) is 10.3 Å². The Kier molecular flexibility index (Phi) is 1.44. The summed E-state index contributed by atoms with van der Waals surface area (Å²) in [5, 5.41) is 1.10. The minimum Gasteiger partial charge on any atom is -0.375 e. The highest BCUT2D eigenvalue weighted by Gasteiger charge is 2.04. The van der Waals surface area contributed by atoms with E-state index in [0.29, 0.717) is 15.7 Å². The number of nitrogen functional groups attached to an aromatic ring is 1. The van der Waals surface area contributed by atoms with Gasteiger partial charge in [0.15, 0.2) is 5.13 Å². The fraction of sp³-hybridized carbons (Fsp3) is 0. The zero-order valence-electron chi connectivity index (χ0n) is 5.41. The topological polar surface area (TPSA) is 51.8 Å². The first-order chi connectivity index (χ1) is 5.27. The van der Waals surface area contributed by atoms with Crippen LogP contribution in [0.4, 0.5) is 5.13 Å². The minimum absolute atomic E-state index is 0.501. The Labute approximate surface area is 71.8 Å². The van der Waals surface area contributed by atoms with Gasteiger partial charge < -0.3 is 5.73 Å². The number of pyridine rings is 1. The quantitative estimate of drug-likeness (QED) is 0.683. The Morgan fingerprint density at radius 3 is 3.09 bits per heavy atom. The molecule has 0 spiro atoms. The molecule has 0 aliphatic rings. The lowest BCUT2D eigenvalue weighted by Crippen LogP contribution is -1.79. The van der Waals surface area contributed by atoms with E-state index in [2.05, 4.69) is 9.97 Å². The molecule has 0 aliphatic heterocycles. The van der Waals surface area contributed by atoms with E-state index < -0.39 is 0 Å². The molecule has 3 nitrogen and oxygen atoms in total. The monoisotopic (exact) mass is 185 g/mol. The number of hydrogen-bond donors (Lipinski definition) is 1. The summed E-state index contributed by atoms with van der Waals surface area (Å²) in [5.41, 5.74) is 6.16. The van der Waals surface area contributed by atoms with E-state index >= 15 is 0 Å². The fourth-order valence-corrected chi connectivity index (χ4v) is 1.77. The molecule has 0 bridgehead atoms. The van der Waals surface area contributed by atoms with Crippen LogP contribution in [0.3, 0.4) is 0 Å². The highest BCUT2D eigenvalue weighted by Crippen LogP contribution is 2.26.